The van der Waals surface area contributed by atoms with Gasteiger partial charge in [0.15, 0.2) is 5.69 Å². The van der Waals surface area contributed by atoms with Crippen molar-refractivity contribution < 1.29 is 19.8 Å². The van der Waals surface area contributed by atoms with Crippen LogP contribution in [0, 0.1) is 0 Å². The summed E-state index contributed by atoms with van der Waals surface area (Å²) in [5, 5.41) is 20.2. The van der Waals surface area contributed by atoms with Gasteiger partial charge in [0.2, 0.25) is 17.7 Å². The lowest BCUT2D eigenvalue weighted by Gasteiger charge is -2.16. The molecule has 0 saturated carbocycles. The molecule has 0 radical (unpaired) electrons. The Hall–Kier alpha value is -2.78. The van der Waals surface area contributed by atoms with Crippen LogP contribution in [0.4, 0.5) is 16.4 Å². The molecule has 10 nitrogen and oxygen atoms in total. The van der Waals surface area contributed by atoms with Gasteiger partial charge in [-0.15, -0.1) is 0 Å². The minimum atomic E-state index is -1.27. The van der Waals surface area contributed by atoms with E-state index in [4.69, 9.17) is 10.8 Å². The maximum atomic E-state index is 11.5. The van der Waals surface area contributed by atoms with E-state index in [-0.39, 0.29) is 12.5 Å². The van der Waals surface area contributed by atoms with Crippen LogP contribution in [0.15, 0.2) is 4.79 Å². The van der Waals surface area contributed by atoms with E-state index in [2.05, 4.69) is 15.3 Å². The summed E-state index contributed by atoms with van der Waals surface area (Å²) in [4.78, 5) is 39.9. The Bertz CT molecular complexity index is 554. The number of carbonyl (C=O) groups is 2. The van der Waals surface area contributed by atoms with Gasteiger partial charge in [-0.25, -0.2) is 4.79 Å². The summed E-state index contributed by atoms with van der Waals surface area (Å²) in [5.74, 6) is -1.83. The lowest BCUT2D eigenvalue weighted by Crippen LogP contribution is -2.37. The standard InChI is InChI=1S/C9H13N5O5/c1-2-14(9(18)19)3-4(15)11-5-6(16)12-8(10)13-7(5)17/h2-3H2,1H3,(H,11,15)(H,18,19)(H4,10,12,13,16,17). The first-order valence-corrected chi connectivity index (χ1v) is 5.21. The van der Waals surface area contributed by atoms with Crippen LogP contribution in [-0.2, 0) is 4.79 Å². The Balaban J connectivity index is 2.83. The van der Waals surface area contributed by atoms with E-state index in [0.29, 0.717) is 0 Å². The van der Waals surface area contributed by atoms with Crippen LogP contribution in [0.3, 0.4) is 0 Å². The van der Waals surface area contributed by atoms with Crippen molar-refractivity contribution in [1.82, 2.24) is 14.9 Å². The summed E-state index contributed by atoms with van der Waals surface area (Å²) in [6, 6.07) is 0. The average molecular weight is 271 g/mol. The second-order valence-corrected chi connectivity index (χ2v) is 3.49. The Labute approximate surface area is 106 Å². The first-order valence-electron chi connectivity index (χ1n) is 5.21. The summed E-state index contributed by atoms with van der Waals surface area (Å²) in [7, 11) is 0. The van der Waals surface area contributed by atoms with Gasteiger partial charge in [-0.05, 0) is 6.92 Å². The molecule has 1 aromatic heterocycles. The molecule has 0 unspecified atom stereocenters. The number of aromatic hydroxyl groups is 1. The monoisotopic (exact) mass is 271 g/mol. The number of aromatic amines is 1. The van der Waals surface area contributed by atoms with Gasteiger partial charge >= 0.3 is 6.09 Å². The summed E-state index contributed by atoms with van der Waals surface area (Å²) in [6.07, 6.45) is -1.27. The van der Waals surface area contributed by atoms with Gasteiger partial charge in [-0.2, -0.15) is 4.98 Å². The molecule has 1 aromatic rings. The summed E-state index contributed by atoms with van der Waals surface area (Å²) in [5.41, 5.74) is 3.85. The molecule has 104 valence electrons. The highest BCUT2D eigenvalue weighted by Gasteiger charge is 2.17. The molecule has 0 aromatic carbocycles. The van der Waals surface area contributed by atoms with Crippen molar-refractivity contribution in [2.45, 2.75) is 6.92 Å². The molecule has 19 heavy (non-hydrogen) atoms. The fraction of sp³-hybridized carbons (Fsp3) is 0.333. The number of hydrogen-bond donors (Lipinski definition) is 5. The summed E-state index contributed by atoms with van der Waals surface area (Å²) in [6.45, 7) is 1.18. The second kappa shape index (κ2) is 5.71. The fourth-order valence-corrected chi connectivity index (χ4v) is 1.26. The average Bonchev–Trinajstić information content (AvgIpc) is 2.30. The van der Waals surface area contributed by atoms with Crippen LogP contribution in [0.5, 0.6) is 5.88 Å². The van der Waals surface area contributed by atoms with Crippen LogP contribution in [0.2, 0.25) is 0 Å². The van der Waals surface area contributed by atoms with E-state index in [1.807, 2.05) is 0 Å². The third-order valence-electron chi connectivity index (χ3n) is 2.17. The first kappa shape index (κ1) is 14.3. The molecule has 0 aliphatic carbocycles. The smallest absolute Gasteiger partial charge is 0.407 e. The van der Waals surface area contributed by atoms with E-state index < -0.39 is 35.7 Å². The molecule has 0 atom stereocenters. The number of hydrogen-bond acceptors (Lipinski definition) is 6. The molecule has 0 bridgehead atoms. The largest absolute Gasteiger partial charge is 0.492 e. The number of amides is 2. The third kappa shape index (κ3) is 3.59. The highest BCUT2D eigenvalue weighted by molar-refractivity contribution is 5.94. The van der Waals surface area contributed by atoms with Gasteiger partial charge < -0.3 is 21.3 Å². The van der Waals surface area contributed by atoms with Crippen LogP contribution in [0.1, 0.15) is 6.92 Å². The van der Waals surface area contributed by atoms with Crippen LogP contribution in [-0.4, -0.2) is 50.2 Å². The highest BCUT2D eigenvalue weighted by Crippen LogP contribution is 2.14. The molecule has 6 N–H and O–H groups in total. The predicted molar refractivity (Wildman–Crippen MR) is 64.8 cm³/mol. The first-order chi connectivity index (χ1) is 8.85. The SMILES string of the molecule is CCN(CC(=O)Nc1c(O)nc(N)[nH]c1=O)C(=O)O. The maximum absolute atomic E-state index is 11.5. The number of nitrogen functional groups attached to an aromatic ring is 1. The van der Waals surface area contributed by atoms with E-state index >= 15 is 0 Å². The molecule has 0 aliphatic rings. The number of carboxylic acid groups (broad SMARTS) is 1. The number of nitrogens with zero attached hydrogens (tertiary/aromatic N) is 2. The van der Waals surface area contributed by atoms with Gasteiger partial charge in [0.1, 0.15) is 6.54 Å². The summed E-state index contributed by atoms with van der Waals surface area (Å²) < 4.78 is 0. The molecule has 0 fully saturated rings. The van der Waals surface area contributed by atoms with E-state index in [1.165, 1.54) is 0 Å². The Morgan fingerprint density at radius 1 is 1.53 bits per heavy atom. The molecule has 0 spiro atoms. The highest BCUT2D eigenvalue weighted by atomic mass is 16.4. The quantitative estimate of drug-likeness (QED) is 0.468. The number of nitrogens with two attached hydrogens (primary N) is 1. The number of aromatic nitrogens is 2. The maximum Gasteiger partial charge on any atom is 0.407 e. The van der Waals surface area contributed by atoms with Crippen molar-refractivity contribution in [2.24, 2.45) is 0 Å². The Kier molecular flexibility index (Phi) is 4.29. The van der Waals surface area contributed by atoms with E-state index in [1.54, 1.807) is 6.92 Å². The zero-order valence-electron chi connectivity index (χ0n) is 10.0. The number of likely N-dealkylation sites (N-methyl/N-ethyl adjacent to an activating group) is 1. The van der Waals surface area contributed by atoms with Crippen molar-refractivity contribution in [3.05, 3.63) is 10.4 Å². The van der Waals surface area contributed by atoms with Gasteiger partial charge in [0, 0.05) is 6.54 Å². The van der Waals surface area contributed by atoms with E-state index in [9.17, 15) is 19.5 Å². The molecular weight excluding hydrogens is 258 g/mol. The summed E-state index contributed by atoms with van der Waals surface area (Å²) >= 11 is 0. The van der Waals surface area contributed by atoms with Gasteiger partial charge in [0.25, 0.3) is 5.56 Å². The zero-order valence-corrected chi connectivity index (χ0v) is 10.0. The van der Waals surface area contributed by atoms with Gasteiger partial charge in [-0.1, -0.05) is 0 Å². The lowest BCUT2D eigenvalue weighted by atomic mass is 10.4. The molecule has 10 heteroatoms. The van der Waals surface area contributed by atoms with Crippen molar-refractivity contribution in [1.29, 1.82) is 0 Å². The Morgan fingerprint density at radius 3 is 2.63 bits per heavy atom. The number of anilines is 2. The molecule has 0 saturated heterocycles. The van der Waals surface area contributed by atoms with Crippen molar-refractivity contribution in [2.75, 3.05) is 24.1 Å². The van der Waals surface area contributed by atoms with Crippen molar-refractivity contribution >= 4 is 23.6 Å². The van der Waals surface area contributed by atoms with Gasteiger partial charge in [-0.3, -0.25) is 19.5 Å². The molecule has 1 rings (SSSR count). The molecule has 2 amide bonds. The van der Waals surface area contributed by atoms with E-state index in [0.717, 1.165) is 4.90 Å². The Morgan fingerprint density at radius 2 is 2.16 bits per heavy atom. The molecule has 1 heterocycles. The zero-order chi connectivity index (χ0) is 14.6. The molecular formula is C9H13N5O5. The van der Waals surface area contributed by atoms with Gasteiger partial charge in [0.05, 0.1) is 0 Å². The normalized spacial score (nSPS) is 9.95. The number of nitrogens with one attached hydrogen (secondary N) is 2. The molecule has 0 aliphatic heterocycles. The predicted octanol–water partition coefficient (Wildman–Crippen LogP) is -1.00. The second-order valence-electron chi connectivity index (χ2n) is 3.49. The lowest BCUT2D eigenvalue weighted by molar-refractivity contribution is -0.117. The number of H-pyrrole nitrogens is 1. The van der Waals surface area contributed by atoms with Crippen LogP contribution < -0.4 is 16.6 Å². The number of rotatable bonds is 4. The number of carbonyl (C=O) groups excluding carboxylic acids is 1. The third-order valence-corrected chi connectivity index (χ3v) is 2.17. The van der Waals surface area contributed by atoms with Crippen molar-refractivity contribution in [3.8, 4) is 5.88 Å². The van der Waals surface area contributed by atoms with Crippen molar-refractivity contribution in [3.63, 3.8) is 0 Å². The van der Waals surface area contributed by atoms with Crippen LogP contribution >= 0.6 is 0 Å². The minimum Gasteiger partial charge on any atom is -0.492 e. The topological polar surface area (TPSA) is 162 Å². The fourth-order valence-electron chi connectivity index (χ4n) is 1.26. The van der Waals surface area contributed by atoms with Crippen LogP contribution in [0.25, 0.3) is 0 Å². The minimum absolute atomic E-state index is 0.102.